The third kappa shape index (κ3) is 7.79. The summed E-state index contributed by atoms with van der Waals surface area (Å²) < 4.78 is 11.3. The van der Waals surface area contributed by atoms with Gasteiger partial charge in [0.2, 0.25) is 0 Å². The highest BCUT2D eigenvalue weighted by Gasteiger charge is 2.12. The Morgan fingerprint density at radius 3 is 2.43 bits per heavy atom. The van der Waals surface area contributed by atoms with Gasteiger partial charge >= 0.3 is 0 Å². The molecule has 152 valence electrons. The minimum Gasteiger partial charge on any atom is -0.489 e. The average molecular weight is 405 g/mol. The van der Waals surface area contributed by atoms with Crippen molar-refractivity contribution >= 4 is 18.3 Å². The summed E-state index contributed by atoms with van der Waals surface area (Å²) in [5.74, 6) is 2.03. The quantitative estimate of drug-likeness (QED) is 0.670. The smallest absolute Gasteiger partial charge is 0.257 e. The van der Waals surface area contributed by atoms with Crippen molar-refractivity contribution in [1.82, 2.24) is 10.6 Å². The van der Waals surface area contributed by atoms with Crippen molar-refractivity contribution in [3.05, 3.63) is 60.2 Å². The van der Waals surface area contributed by atoms with Crippen molar-refractivity contribution in [3.63, 3.8) is 0 Å². The third-order valence-electron chi connectivity index (χ3n) is 4.72. The molecule has 5 nitrogen and oxygen atoms in total. The monoisotopic (exact) mass is 404 g/mol. The van der Waals surface area contributed by atoms with E-state index < -0.39 is 0 Å². The summed E-state index contributed by atoms with van der Waals surface area (Å²) in [5, 5.41) is 6.33. The van der Waals surface area contributed by atoms with E-state index in [-0.39, 0.29) is 24.9 Å². The van der Waals surface area contributed by atoms with Gasteiger partial charge in [0, 0.05) is 6.54 Å². The summed E-state index contributed by atoms with van der Waals surface area (Å²) in [6.45, 7) is 3.45. The van der Waals surface area contributed by atoms with Crippen LogP contribution in [0.15, 0.2) is 54.6 Å². The first-order valence-electron chi connectivity index (χ1n) is 9.66. The Morgan fingerprint density at radius 1 is 1.04 bits per heavy atom. The fourth-order valence-corrected chi connectivity index (χ4v) is 3.16. The Hall–Kier alpha value is -2.24. The van der Waals surface area contributed by atoms with Crippen LogP contribution in [0, 0.1) is 5.92 Å². The number of ether oxygens (including phenoxy) is 2. The van der Waals surface area contributed by atoms with Gasteiger partial charge in [-0.15, -0.1) is 12.4 Å². The topological polar surface area (TPSA) is 59.6 Å². The van der Waals surface area contributed by atoms with E-state index in [0.717, 1.165) is 30.8 Å². The molecule has 3 rings (SSSR count). The maximum atomic E-state index is 11.9. The lowest BCUT2D eigenvalue weighted by Gasteiger charge is -2.22. The second-order valence-corrected chi connectivity index (χ2v) is 6.89. The number of nitrogens with one attached hydrogen (secondary N) is 2. The maximum Gasteiger partial charge on any atom is 0.257 e. The van der Waals surface area contributed by atoms with Crippen LogP contribution in [0.3, 0.4) is 0 Å². The molecule has 1 heterocycles. The molecule has 1 amide bonds. The molecule has 0 bridgehead atoms. The number of hydrogen-bond acceptors (Lipinski definition) is 4. The summed E-state index contributed by atoms with van der Waals surface area (Å²) >= 11 is 0. The molecule has 0 radical (unpaired) electrons. The van der Waals surface area contributed by atoms with Crippen molar-refractivity contribution in [1.29, 1.82) is 0 Å². The van der Waals surface area contributed by atoms with Crippen molar-refractivity contribution in [2.75, 3.05) is 26.2 Å². The number of amides is 1. The highest BCUT2D eigenvalue weighted by Crippen LogP contribution is 2.18. The zero-order valence-electron chi connectivity index (χ0n) is 16.1. The van der Waals surface area contributed by atoms with Crippen LogP contribution in [0.25, 0.3) is 0 Å². The van der Waals surface area contributed by atoms with Crippen molar-refractivity contribution < 1.29 is 14.3 Å². The molecule has 2 aromatic rings. The zero-order valence-corrected chi connectivity index (χ0v) is 16.9. The molecule has 1 saturated heterocycles. The van der Waals surface area contributed by atoms with Crippen LogP contribution < -0.4 is 20.1 Å². The second-order valence-electron chi connectivity index (χ2n) is 6.89. The fraction of sp³-hybridized carbons (Fsp3) is 0.409. The van der Waals surface area contributed by atoms with E-state index in [9.17, 15) is 4.79 Å². The predicted molar refractivity (Wildman–Crippen MR) is 113 cm³/mol. The van der Waals surface area contributed by atoms with Crippen LogP contribution >= 0.6 is 12.4 Å². The molecular weight excluding hydrogens is 376 g/mol. The number of hydrogen-bond donors (Lipinski definition) is 2. The summed E-state index contributed by atoms with van der Waals surface area (Å²) in [6, 6.07) is 17.4. The summed E-state index contributed by atoms with van der Waals surface area (Å²) in [5.41, 5.74) is 1.12. The molecule has 0 aromatic heterocycles. The molecule has 1 atom stereocenters. The Kier molecular flexibility index (Phi) is 9.66. The zero-order chi connectivity index (χ0) is 18.7. The molecule has 1 fully saturated rings. The molecular formula is C22H29ClN2O3. The van der Waals surface area contributed by atoms with Gasteiger partial charge in [0.25, 0.3) is 5.91 Å². The molecule has 0 saturated carbocycles. The Bertz CT molecular complexity index is 689. The molecule has 1 aliphatic rings. The Morgan fingerprint density at radius 2 is 1.75 bits per heavy atom. The lowest BCUT2D eigenvalue weighted by molar-refractivity contribution is -0.123. The van der Waals surface area contributed by atoms with Gasteiger partial charge in [0.1, 0.15) is 18.1 Å². The Balaban J connectivity index is 0.00000280. The van der Waals surface area contributed by atoms with E-state index in [1.54, 1.807) is 0 Å². The van der Waals surface area contributed by atoms with E-state index in [2.05, 4.69) is 10.6 Å². The van der Waals surface area contributed by atoms with Crippen molar-refractivity contribution in [3.8, 4) is 11.5 Å². The summed E-state index contributed by atoms with van der Waals surface area (Å²) in [7, 11) is 0. The number of benzene rings is 2. The molecule has 2 aromatic carbocycles. The van der Waals surface area contributed by atoms with Gasteiger partial charge in [-0.1, -0.05) is 30.3 Å². The lowest BCUT2D eigenvalue weighted by atomic mass is 9.96. The molecule has 2 N–H and O–H groups in total. The van der Waals surface area contributed by atoms with E-state index in [0.29, 0.717) is 24.8 Å². The minimum atomic E-state index is -0.0804. The van der Waals surface area contributed by atoms with Gasteiger partial charge in [-0.25, -0.2) is 0 Å². The third-order valence-corrected chi connectivity index (χ3v) is 4.72. The van der Waals surface area contributed by atoms with E-state index in [1.807, 2.05) is 54.6 Å². The van der Waals surface area contributed by atoms with E-state index in [4.69, 9.17) is 9.47 Å². The van der Waals surface area contributed by atoms with Crippen LogP contribution in [0.1, 0.15) is 24.8 Å². The summed E-state index contributed by atoms with van der Waals surface area (Å²) in [6.07, 6.45) is 3.50. The first-order valence-corrected chi connectivity index (χ1v) is 9.66. The maximum absolute atomic E-state index is 11.9. The number of carbonyl (C=O) groups is 1. The van der Waals surface area contributed by atoms with Gasteiger partial charge in [0.15, 0.2) is 6.61 Å². The van der Waals surface area contributed by atoms with Gasteiger partial charge in [0.05, 0.1) is 0 Å². The lowest BCUT2D eigenvalue weighted by Crippen LogP contribution is -2.34. The van der Waals surface area contributed by atoms with Crippen LogP contribution in [0.2, 0.25) is 0 Å². The fourth-order valence-electron chi connectivity index (χ4n) is 3.16. The highest BCUT2D eigenvalue weighted by molar-refractivity contribution is 5.85. The molecule has 6 heteroatoms. The molecule has 1 unspecified atom stereocenters. The van der Waals surface area contributed by atoms with Crippen LogP contribution in [-0.4, -0.2) is 32.1 Å². The van der Waals surface area contributed by atoms with E-state index in [1.165, 1.54) is 12.8 Å². The summed E-state index contributed by atoms with van der Waals surface area (Å²) in [4.78, 5) is 11.9. The van der Waals surface area contributed by atoms with Crippen LogP contribution in [-0.2, 0) is 11.4 Å². The first kappa shape index (κ1) is 22.1. The van der Waals surface area contributed by atoms with E-state index >= 15 is 0 Å². The molecule has 28 heavy (non-hydrogen) atoms. The standard InChI is InChI=1S/C22H28N2O3.ClH/c25-22(24-14-12-18-7-4-13-23-15-18)17-27-21-10-8-20(9-11-21)26-16-19-5-2-1-3-6-19;/h1-3,5-6,8-11,18,23H,4,7,12-17H2,(H,24,25);1H. The number of halogens is 1. The normalized spacial score (nSPS) is 15.9. The SMILES string of the molecule is Cl.O=C(COc1ccc(OCc2ccccc2)cc1)NCCC1CCCNC1. The molecule has 0 aliphatic carbocycles. The van der Waals surface area contributed by atoms with Gasteiger partial charge < -0.3 is 20.1 Å². The van der Waals surface area contributed by atoms with Crippen molar-refractivity contribution in [2.24, 2.45) is 5.92 Å². The Labute approximate surface area is 173 Å². The van der Waals surface area contributed by atoms with Crippen LogP contribution in [0.5, 0.6) is 11.5 Å². The second kappa shape index (κ2) is 12.3. The number of carbonyl (C=O) groups excluding carboxylic acids is 1. The average Bonchev–Trinajstić information content (AvgIpc) is 2.73. The van der Waals surface area contributed by atoms with Gasteiger partial charge in [-0.05, 0) is 68.1 Å². The molecule has 0 spiro atoms. The molecule has 1 aliphatic heterocycles. The van der Waals surface area contributed by atoms with Gasteiger partial charge in [-0.2, -0.15) is 0 Å². The predicted octanol–water partition coefficient (Wildman–Crippen LogP) is 3.57. The van der Waals surface area contributed by atoms with Crippen LogP contribution in [0.4, 0.5) is 0 Å². The highest BCUT2D eigenvalue weighted by atomic mass is 35.5. The largest absolute Gasteiger partial charge is 0.489 e. The minimum absolute atomic E-state index is 0. The van der Waals surface area contributed by atoms with Gasteiger partial charge in [-0.3, -0.25) is 4.79 Å². The number of piperidine rings is 1. The first-order chi connectivity index (χ1) is 13.3. The number of rotatable bonds is 9. The van der Waals surface area contributed by atoms with Crippen molar-refractivity contribution in [2.45, 2.75) is 25.9 Å².